The summed E-state index contributed by atoms with van der Waals surface area (Å²) in [7, 11) is 0. The standard InChI is InChI=1S/C28H21BrN2OS/c1-17-5-4-6-18(15-17)16-24-27(32)31-26(20-9-12-21(29)13-10-20)23-14-11-19-7-2-3-8-22(19)25(23)30-28(31)33-24/h2-10,12-13,15-16,26H,11,14H2,1H3/b24-16-/t26-/m1/s1. The quantitative estimate of drug-likeness (QED) is 0.354. The van der Waals surface area contributed by atoms with Gasteiger partial charge in [-0.2, -0.15) is 0 Å². The van der Waals surface area contributed by atoms with Crippen LogP contribution in [0.1, 0.15) is 40.3 Å². The second-order valence-corrected chi connectivity index (χ2v) is 10.5. The van der Waals surface area contributed by atoms with E-state index >= 15 is 0 Å². The van der Waals surface area contributed by atoms with E-state index in [1.54, 1.807) is 0 Å². The molecule has 162 valence electrons. The molecule has 2 aliphatic rings. The van der Waals surface area contributed by atoms with Gasteiger partial charge < -0.3 is 0 Å². The van der Waals surface area contributed by atoms with Crippen LogP contribution in [0.4, 0.5) is 0 Å². The van der Waals surface area contributed by atoms with E-state index < -0.39 is 0 Å². The van der Waals surface area contributed by atoms with E-state index in [2.05, 4.69) is 83.5 Å². The Labute approximate surface area is 204 Å². The zero-order valence-electron chi connectivity index (χ0n) is 18.1. The van der Waals surface area contributed by atoms with Crippen LogP contribution in [0.15, 0.2) is 92.6 Å². The summed E-state index contributed by atoms with van der Waals surface area (Å²) in [6.07, 6.45) is 3.86. The van der Waals surface area contributed by atoms with Gasteiger partial charge >= 0.3 is 0 Å². The number of hydrogen-bond acceptors (Lipinski definition) is 3. The van der Waals surface area contributed by atoms with E-state index in [4.69, 9.17) is 4.99 Å². The zero-order valence-corrected chi connectivity index (χ0v) is 20.5. The average Bonchev–Trinajstić information content (AvgIpc) is 3.13. The number of rotatable bonds is 2. The fourth-order valence-electron chi connectivity index (χ4n) is 4.88. The highest BCUT2D eigenvalue weighted by molar-refractivity contribution is 9.10. The van der Waals surface area contributed by atoms with Gasteiger partial charge in [0.25, 0.3) is 5.56 Å². The van der Waals surface area contributed by atoms with E-state index in [0.717, 1.165) is 43.5 Å². The van der Waals surface area contributed by atoms with Crippen LogP contribution in [-0.4, -0.2) is 4.57 Å². The van der Waals surface area contributed by atoms with Gasteiger partial charge in [-0.1, -0.05) is 93.5 Å². The molecule has 0 unspecified atom stereocenters. The smallest absolute Gasteiger partial charge is 0.271 e. The van der Waals surface area contributed by atoms with E-state index in [-0.39, 0.29) is 11.6 Å². The topological polar surface area (TPSA) is 34.4 Å². The lowest BCUT2D eigenvalue weighted by molar-refractivity contribution is 0.585. The molecule has 3 aromatic carbocycles. The third-order valence-electron chi connectivity index (χ3n) is 6.40. The van der Waals surface area contributed by atoms with Gasteiger partial charge in [0.2, 0.25) is 0 Å². The second-order valence-electron chi connectivity index (χ2n) is 8.58. The first-order valence-corrected chi connectivity index (χ1v) is 12.6. The summed E-state index contributed by atoms with van der Waals surface area (Å²) < 4.78 is 3.65. The minimum absolute atomic E-state index is 0.0265. The SMILES string of the molecule is Cc1cccc(/C=c2\sc3n(c2=O)[C@H](c2ccc(Br)cc2)C2=C(N=3)c3ccccc3CC2)c1. The molecule has 0 bridgehead atoms. The van der Waals surface area contributed by atoms with Crippen molar-refractivity contribution < 1.29 is 0 Å². The number of benzene rings is 3. The molecule has 0 amide bonds. The molecule has 0 fully saturated rings. The highest BCUT2D eigenvalue weighted by Crippen LogP contribution is 2.41. The molecule has 1 atom stereocenters. The van der Waals surface area contributed by atoms with Crippen LogP contribution in [-0.2, 0) is 6.42 Å². The monoisotopic (exact) mass is 512 g/mol. The predicted octanol–water partition coefficient (Wildman–Crippen LogP) is 5.39. The first kappa shape index (κ1) is 20.6. The summed E-state index contributed by atoms with van der Waals surface area (Å²) >= 11 is 5.03. The minimum atomic E-state index is -0.141. The maximum absolute atomic E-state index is 13.7. The summed E-state index contributed by atoms with van der Waals surface area (Å²) in [4.78, 5) is 19.6. The Bertz CT molecular complexity index is 1610. The number of aromatic nitrogens is 1. The molecule has 5 heteroatoms. The Morgan fingerprint density at radius 1 is 1.03 bits per heavy atom. The molecule has 0 N–H and O–H groups in total. The Hall–Kier alpha value is -3.02. The van der Waals surface area contributed by atoms with E-state index in [0.29, 0.717) is 0 Å². The van der Waals surface area contributed by atoms with Crippen LogP contribution in [0.5, 0.6) is 0 Å². The molecule has 0 saturated heterocycles. The van der Waals surface area contributed by atoms with Crippen molar-refractivity contribution in [3.8, 4) is 0 Å². The second kappa shape index (κ2) is 8.08. The number of hydrogen-bond donors (Lipinski definition) is 0. The van der Waals surface area contributed by atoms with Gasteiger partial charge in [0.05, 0.1) is 16.3 Å². The van der Waals surface area contributed by atoms with Crippen molar-refractivity contribution in [3.63, 3.8) is 0 Å². The van der Waals surface area contributed by atoms with Crippen LogP contribution in [0.3, 0.4) is 0 Å². The molecule has 3 nitrogen and oxygen atoms in total. The van der Waals surface area contributed by atoms with E-state index in [1.807, 2.05) is 22.8 Å². The van der Waals surface area contributed by atoms with Crippen LogP contribution in [0.2, 0.25) is 0 Å². The van der Waals surface area contributed by atoms with Gasteiger partial charge in [0.15, 0.2) is 4.80 Å². The van der Waals surface area contributed by atoms with Crippen molar-refractivity contribution in [1.29, 1.82) is 0 Å². The van der Waals surface area contributed by atoms with Crippen LogP contribution in [0.25, 0.3) is 11.8 Å². The minimum Gasteiger partial charge on any atom is -0.272 e. The molecule has 0 saturated carbocycles. The first-order chi connectivity index (χ1) is 16.1. The van der Waals surface area contributed by atoms with Crippen LogP contribution < -0.4 is 14.9 Å². The van der Waals surface area contributed by atoms with Crippen molar-refractivity contribution in [1.82, 2.24) is 4.57 Å². The fraction of sp³-hybridized carbons (Fsp3) is 0.143. The van der Waals surface area contributed by atoms with Crippen molar-refractivity contribution in [2.75, 3.05) is 0 Å². The molecule has 1 aliphatic carbocycles. The van der Waals surface area contributed by atoms with Gasteiger partial charge in [0, 0.05) is 10.0 Å². The Morgan fingerprint density at radius 2 is 1.85 bits per heavy atom. The summed E-state index contributed by atoms with van der Waals surface area (Å²) in [6.45, 7) is 2.07. The van der Waals surface area contributed by atoms with Crippen molar-refractivity contribution >= 4 is 39.0 Å². The maximum Gasteiger partial charge on any atom is 0.271 e. The maximum atomic E-state index is 13.7. The zero-order chi connectivity index (χ0) is 22.5. The molecule has 1 aliphatic heterocycles. The highest BCUT2D eigenvalue weighted by atomic mass is 79.9. The number of thiazole rings is 1. The molecular formula is C28H21BrN2OS. The molecule has 0 radical (unpaired) electrons. The highest BCUT2D eigenvalue weighted by Gasteiger charge is 2.32. The Morgan fingerprint density at radius 3 is 2.67 bits per heavy atom. The fourth-order valence-corrected chi connectivity index (χ4v) is 6.14. The van der Waals surface area contributed by atoms with Gasteiger partial charge in [-0.05, 0) is 60.2 Å². The van der Waals surface area contributed by atoms with Crippen molar-refractivity contribution in [2.45, 2.75) is 25.8 Å². The number of halogens is 1. The third kappa shape index (κ3) is 3.56. The van der Waals surface area contributed by atoms with Gasteiger partial charge in [-0.3, -0.25) is 9.36 Å². The van der Waals surface area contributed by atoms with Crippen LogP contribution >= 0.6 is 27.3 Å². The third-order valence-corrected chi connectivity index (χ3v) is 7.91. The predicted molar refractivity (Wildman–Crippen MR) is 138 cm³/mol. The molecule has 33 heavy (non-hydrogen) atoms. The van der Waals surface area contributed by atoms with Gasteiger partial charge in [-0.15, -0.1) is 0 Å². The molecule has 2 heterocycles. The normalized spacial score (nSPS) is 17.3. The summed E-state index contributed by atoms with van der Waals surface area (Å²) in [5.41, 5.74) is 8.14. The molecule has 0 spiro atoms. The van der Waals surface area contributed by atoms with Gasteiger partial charge in [0.1, 0.15) is 0 Å². The van der Waals surface area contributed by atoms with Crippen molar-refractivity contribution in [2.24, 2.45) is 4.99 Å². The van der Waals surface area contributed by atoms with E-state index in [1.165, 1.54) is 33.6 Å². The van der Waals surface area contributed by atoms with Crippen molar-refractivity contribution in [3.05, 3.63) is 130 Å². The summed E-state index contributed by atoms with van der Waals surface area (Å²) in [6, 6.07) is 24.9. The Balaban J connectivity index is 1.63. The lowest BCUT2D eigenvalue weighted by Crippen LogP contribution is -2.38. The number of fused-ring (bicyclic) bond motifs is 3. The molecule has 4 aromatic rings. The molecule has 1 aromatic heterocycles. The summed E-state index contributed by atoms with van der Waals surface area (Å²) in [5, 5.41) is 0. The molecular weight excluding hydrogens is 492 g/mol. The number of aryl methyl sites for hydroxylation is 2. The lowest BCUT2D eigenvalue weighted by atomic mass is 9.83. The van der Waals surface area contributed by atoms with E-state index in [9.17, 15) is 4.79 Å². The lowest BCUT2D eigenvalue weighted by Gasteiger charge is -2.30. The first-order valence-electron chi connectivity index (χ1n) is 11.0. The molecule has 6 rings (SSSR count). The summed E-state index contributed by atoms with van der Waals surface area (Å²) in [5.74, 6) is 0. The largest absolute Gasteiger partial charge is 0.272 e. The number of nitrogens with zero attached hydrogens (tertiary/aromatic N) is 2. The number of allylic oxidation sites excluding steroid dienone is 1. The Kier molecular flexibility index (Phi) is 5.04. The van der Waals surface area contributed by atoms with Crippen LogP contribution in [0, 0.1) is 6.92 Å². The average molecular weight is 513 g/mol. The van der Waals surface area contributed by atoms with Gasteiger partial charge in [-0.25, -0.2) is 4.99 Å².